The van der Waals surface area contributed by atoms with E-state index in [0.29, 0.717) is 5.69 Å². The number of aryl methyl sites for hydroxylation is 2. The van der Waals surface area contributed by atoms with Gasteiger partial charge in [0, 0.05) is 11.9 Å². The maximum atomic E-state index is 12.2. The fraction of sp³-hybridized carbons (Fsp3) is 0.357. The molecule has 2 aromatic heterocycles. The van der Waals surface area contributed by atoms with Crippen LogP contribution in [0, 0.1) is 13.8 Å². The van der Waals surface area contributed by atoms with E-state index in [9.17, 15) is 4.79 Å². The van der Waals surface area contributed by atoms with Gasteiger partial charge in [0.1, 0.15) is 5.69 Å². The van der Waals surface area contributed by atoms with Crippen molar-refractivity contribution < 1.29 is 4.79 Å². The number of nitrogens with one attached hydrogen (secondary N) is 2. The maximum absolute atomic E-state index is 12.2. The smallest absolute Gasteiger partial charge is 0.272 e. The minimum absolute atomic E-state index is 0.0928. The van der Waals surface area contributed by atoms with Gasteiger partial charge in [0.25, 0.3) is 5.91 Å². The summed E-state index contributed by atoms with van der Waals surface area (Å²) < 4.78 is 0. The van der Waals surface area contributed by atoms with Crippen molar-refractivity contribution in [1.82, 2.24) is 20.3 Å². The molecular formula is C14H18N4O. The molecule has 0 radical (unpaired) electrons. The summed E-state index contributed by atoms with van der Waals surface area (Å²) >= 11 is 0. The van der Waals surface area contributed by atoms with Crippen LogP contribution in [-0.4, -0.2) is 20.9 Å². The quantitative estimate of drug-likeness (QED) is 0.884. The number of nitrogens with zero attached hydrogens (tertiary/aromatic N) is 2. The highest BCUT2D eigenvalue weighted by atomic mass is 16.2. The number of carbonyl (C=O) groups excluding carboxylic acids is 1. The molecule has 0 spiro atoms. The lowest BCUT2D eigenvalue weighted by molar-refractivity contribution is 0.0929. The SMILES string of the molecule is CCC(NC(=O)c1nc[nH]c1C)c1ncccc1C. The largest absolute Gasteiger partial charge is 0.348 e. The van der Waals surface area contributed by atoms with Crippen molar-refractivity contribution in [3.05, 3.63) is 47.3 Å². The third-order valence-corrected chi connectivity index (χ3v) is 3.14. The Hall–Kier alpha value is -2.17. The average Bonchev–Trinajstić information content (AvgIpc) is 2.83. The molecule has 0 aliphatic carbocycles. The van der Waals surface area contributed by atoms with Gasteiger partial charge in [-0.3, -0.25) is 9.78 Å². The topological polar surface area (TPSA) is 70.7 Å². The lowest BCUT2D eigenvalue weighted by Crippen LogP contribution is -2.30. The van der Waals surface area contributed by atoms with Gasteiger partial charge in [-0.15, -0.1) is 0 Å². The molecule has 0 aliphatic heterocycles. The van der Waals surface area contributed by atoms with Gasteiger partial charge in [0.2, 0.25) is 0 Å². The second-order valence-corrected chi connectivity index (χ2v) is 4.52. The Morgan fingerprint density at radius 2 is 2.21 bits per heavy atom. The first kappa shape index (κ1) is 13.3. The van der Waals surface area contributed by atoms with Crippen LogP contribution in [0.5, 0.6) is 0 Å². The molecule has 0 saturated carbocycles. The molecule has 19 heavy (non-hydrogen) atoms. The van der Waals surface area contributed by atoms with Crippen LogP contribution in [0.1, 0.15) is 46.8 Å². The molecule has 1 atom stereocenters. The Bertz CT molecular complexity index is 576. The number of imidazole rings is 1. The summed E-state index contributed by atoms with van der Waals surface area (Å²) in [6.07, 6.45) is 4.06. The Morgan fingerprint density at radius 1 is 1.42 bits per heavy atom. The van der Waals surface area contributed by atoms with Crippen LogP contribution in [0.2, 0.25) is 0 Å². The highest BCUT2D eigenvalue weighted by Crippen LogP contribution is 2.18. The lowest BCUT2D eigenvalue weighted by atomic mass is 10.1. The predicted molar refractivity (Wildman–Crippen MR) is 72.8 cm³/mol. The predicted octanol–water partition coefficient (Wildman–Crippen LogP) is 2.30. The molecule has 2 aromatic rings. The Balaban J connectivity index is 2.19. The van der Waals surface area contributed by atoms with E-state index >= 15 is 0 Å². The molecule has 1 amide bonds. The average molecular weight is 258 g/mol. The van der Waals surface area contributed by atoms with Gasteiger partial charge in [-0.2, -0.15) is 0 Å². The van der Waals surface area contributed by atoms with Crippen molar-refractivity contribution in [2.45, 2.75) is 33.2 Å². The zero-order chi connectivity index (χ0) is 13.8. The van der Waals surface area contributed by atoms with Crippen LogP contribution in [0.4, 0.5) is 0 Å². The van der Waals surface area contributed by atoms with E-state index in [1.165, 1.54) is 6.33 Å². The number of pyridine rings is 1. The number of hydrogen-bond donors (Lipinski definition) is 2. The molecule has 5 heteroatoms. The van der Waals surface area contributed by atoms with E-state index in [1.54, 1.807) is 6.20 Å². The number of hydrogen-bond acceptors (Lipinski definition) is 3. The van der Waals surface area contributed by atoms with Crippen molar-refractivity contribution in [2.24, 2.45) is 0 Å². The molecule has 100 valence electrons. The van der Waals surface area contributed by atoms with Gasteiger partial charge in [-0.1, -0.05) is 13.0 Å². The molecule has 2 rings (SSSR count). The molecule has 2 N–H and O–H groups in total. The van der Waals surface area contributed by atoms with Gasteiger partial charge in [-0.05, 0) is 31.9 Å². The molecule has 0 fully saturated rings. The van der Waals surface area contributed by atoms with E-state index in [4.69, 9.17) is 0 Å². The summed E-state index contributed by atoms with van der Waals surface area (Å²) in [7, 11) is 0. The van der Waals surface area contributed by atoms with Crippen molar-refractivity contribution >= 4 is 5.91 Å². The highest BCUT2D eigenvalue weighted by Gasteiger charge is 2.19. The Morgan fingerprint density at radius 3 is 2.79 bits per heavy atom. The van der Waals surface area contributed by atoms with Crippen LogP contribution in [0.25, 0.3) is 0 Å². The zero-order valence-electron chi connectivity index (χ0n) is 11.4. The summed E-state index contributed by atoms with van der Waals surface area (Å²) in [5, 5.41) is 2.98. The summed E-state index contributed by atoms with van der Waals surface area (Å²) in [6.45, 7) is 5.85. The highest BCUT2D eigenvalue weighted by molar-refractivity contribution is 5.93. The minimum atomic E-state index is -0.171. The summed E-state index contributed by atoms with van der Waals surface area (Å²) in [5.74, 6) is -0.171. The number of rotatable bonds is 4. The Kier molecular flexibility index (Phi) is 3.94. The third kappa shape index (κ3) is 2.81. The second kappa shape index (κ2) is 5.65. The van der Waals surface area contributed by atoms with E-state index in [-0.39, 0.29) is 11.9 Å². The molecule has 1 unspecified atom stereocenters. The molecule has 0 saturated heterocycles. The first-order chi connectivity index (χ1) is 9.13. The summed E-state index contributed by atoms with van der Waals surface area (Å²) in [5.41, 5.74) is 3.19. The van der Waals surface area contributed by atoms with Crippen molar-refractivity contribution in [3.8, 4) is 0 Å². The van der Waals surface area contributed by atoms with Crippen molar-refractivity contribution in [1.29, 1.82) is 0 Å². The van der Waals surface area contributed by atoms with Crippen LogP contribution in [0.15, 0.2) is 24.7 Å². The van der Waals surface area contributed by atoms with Gasteiger partial charge < -0.3 is 10.3 Å². The van der Waals surface area contributed by atoms with E-state index in [0.717, 1.165) is 23.4 Å². The fourth-order valence-electron chi connectivity index (χ4n) is 2.04. The molecular weight excluding hydrogens is 240 g/mol. The van der Waals surface area contributed by atoms with Gasteiger partial charge in [0.15, 0.2) is 0 Å². The number of aromatic nitrogens is 3. The zero-order valence-corrected chi connectivity index (χ0v) is 11.4. The monoisotopic (exact) mass is 258 g/mol. The maximum Gasteiger partial charge on any atom is 0.272 e. The minimum Gasteiger partial charge on any atom is -0.348 e. The van der Waals surface area contributed by atoms with Crippen LogP contribution < -0.4 is 5.32 Å². The van der Waals surface area contributed by atoms with Gasteiger partial charge in [0.05, 0.1) is 18.1 Å². The Labute approximate surface area is 112 Å². The number of amides is 1. The normalized spacial score (nSPS) is 12.2. The standard InChI is InChI=1S/C14H18N4O/c1-4-11(12-9(2)6-5-7-15-12)18-14(19)13-10(3)16-8-17-13/h5-8,11H,4H2,1-3H3,(H,16,17)(H,18,19). The number of aromatic amines is 1. The van der Waals surface area contributed by atoms with Crippen LogP contribution >= 0.6 is 0 Å². The van der Waals surface area contributed by atoms with Crippen LogP contribution in [-0.2, 0) is 0 Å². The number of carbonyl (C=O) groups is 1. The summed E-state index contributed by atoms with van der Waals surface area (Å²) in [4.78, 5) is 23.5. The molecule has 2 heterocycles. The third-order valence-electron chi connectivity index (χ3n) is 3.14. The van der Waals surface area contributed by atoms with Crippen molar-refractivity contribution in [3.63, 3.8) is 0 Å². The summed E-state index contributed by atoms with van der Waals surface area (Å²) in [6, 6.07) is 3.80. The van der Waals surface area contributed by atoms with Gasteiger partial charge >= 0.3 is 0 Å². The molecule has 0 bridgehead atoms. The van der Waals surface area contributed by atoms with E-state index in [2.05, 4.69) is 20.3 Å². The number of H-pyrrole nitrogens is 1. The van der Waals surface area contributed by atoms with Gasteiger partial charge in [-0.25, -0.2) is 4.98 Å². The van der Waals surface area contributed by atoms with E-state index in [1.807, 2.05) is 32.9 Å². The fourth-order valence-corrected chi connectivity index (χ4v) is 2.04. The van der Waals surface area contributed by atoms with Crippen molar-refractivity contribution in [2.75, 3.05) is 0 Å². The first-order valence-electron chi connectivity index (χ1n) is 6.35. The first-order valence-corrected chi connectivity index (χ1v) is 6.35. The lowest BCUT2D eigenvalue weighted by Gasteiger charge is -2.17. The van der Waals surface area contributed by atoms with Crippen LogP contribution in [0.3, 0.4) is 0 Å². The second-order valence-electron chi connectivity index (χ2n) is 4.52. The molecule has 5 nitrogen and oxygen atoms in total. The van der Waals surface area contributed by atoms with E-state index < -0.39 is 0 Å². The molecule has 0 aliphatic rings. The molecule has 0 aromatic carbocycles.